The lowest BCUT2D eigenvalue weighted by Gasteiger charge is -2.23. The van der Waals surface area contributed by atoms with E-state index in [-0.39, 0.29) is 36.5 Å². The van der Waals surface area contributed by atoms with Crippen molar-refractivity contribution in [3.63, 3.8) is 0 Å². The van der Waals surface area contributed by atoms with Crippen LogP contribution in [0.2, 0.25) is 0 Å². The van der Waals surface area contributed by atoms with Crippen molar-refractivity contribution < 1.29 is 9.53 Å². The van der Waals surface area contributed by atoms with Crippen LogP contribution in [0.1, 0.15) is 45.6 Å². The maximum Gasteiger partial charge on any atom is 0.258 e. The van der Waals surface area contributed by atoms with E-state index in [2.05, 4.69) is 48.4 Å². The highest BCUT2D eigenvalue weighted by atomic mass is 127. The van der Waals surface area contributed by atoms with Crippen LogP contribution in [0.5, 0.6) is 5.75 Å². The summed E-state index contributed by atoms with van der Waals surface area (Å²) in [6.45, 7) is 10.6. The van der Waals surface area contributed by atoms with Gasteiger partial charge >= 0.3 is 0 Å². The first kappa shape index (κ1) is 23.8. The Kier molecular flexibility index (Phi) is 9.04. The molecule has 0 spiro atoms. The van der Waals surface area contributed by atoms with Crippen LogP contribution in [0.25, 0.3) is 0 Å². The maximum atomic E-state index is 11.7. The van der Waals surface area contributed by atoms with Crippen molar-refractivity contribution in [1.82, 2.24) is 15.5 Å². The first-order valence-corrected chi connectivity index (χ1v) is 10.5. The number of carbonyl (C=O) groups is 1. The van der Waals surface area contributed by atoms with Crippen LogP contribution in [0.4, 0.5) is 0 Å². The van der Waals surface area contributed by atoms with Crippen molar-refractivity contribution in [2.24, 2.45) is 10.4 Å². The van der Waals surface area contributed by atoms with Gasteiger partial charge in [-0.3, -0.25) is 9.79 Å². The Morgan fingerprint density at radius 1 is 1.28 bits per heavy atom. The van der Waals surface area contributed by atoms with Crippen LogP contribution in [-0.4, -0.2) is 55.6 Å². The lowest BCUT2D eigenvalue weighted by atomic mass is 9.93. The van der Waals surface area contributed by atoms with Crippen LogP contribution >= 0.6 is 24.0 Å². The molecule has 29 heavy (non-hydrogen) atoms. The number of amides is 1. The van der Waals surface area contributed by atoms with Gasteiger partial charge in [-0.2, -0.15) is 0 Å². The number of guanidine groups is 1. The topological polar surface area (TPSA) is 66.0 Å². The van der Waals surface area contributed by atoms with Gasteiger partial charge in [0, 0.05) is 32.2 Å². The average Bonchev–Trinajstić information content (AvgIpc) is 3.40. The predicted molar refractivity (Wildman–Crippen MR) is 128 cm³/mol. The molecule has 2 fully saturated rings. The molecule has 7 heteroatoms. The highest BCUT2D eigenvalue weighted by Crippen LogP contribution is 2.28. The molecule has 0 aromatic heterocycles. The number of aliphatic imine (C=N–C) groups is 1. The van der Waals surface area contributed by atoms with E-state index in [9.17, 15) is 4.79 Å². The Morgan fingerprint density at radius 3 is 2.59 bits per heavy atom. The third-order valence-electron chi connectivity index (χ3n) is 5.21. The van der Waals surface area contributed by atoms with Gasteiger partial charge in [-0.25, -0.2) is 0 Å². The molecule has 1 aromatic rings. The molecule has 1 heterocycles. The summed E-state index contributed by atoms with van der Waals surface area (Å²) < 4.78 is 5.56. The van der Waals surface area contributed by atoms with Crippen LogP contribution < -0.4 is 15.4 Å². The van der Waals surface area contributed by atoms with Crippen LogP contribution in [-0.2, 0) is 11.2 Å². The number of nitrogens with zero attached hydrogens (tertiary/aromatic N) is 2. The highest BCUT2D eigenvalue weighted by Gasteiger charge is 2.30. The second-order valence-electron chi connectivity index (χ2n) is 8.60. The molecule has 1 aliphatic heterocycles. The van der Waals surface area contributed by atoms with Gasteiger partial charge in [0.1, 0.15) is 5.75 Å². The maximum absolute atomic E-state index is 11.7. The minimum absolute atomic E-state index is 0. The lowest BCUT2D eigenvalue weighted by Crippen LogP contribution is -2.40. The summed E-state index contributed by atoms with van der Waals surface area (Å²) in [7, 11) is 0. The number of carbonyl (C=O) groups excluding carboxylic acids is 1. The molecule has 0 unspecified atom stereocenters. The Morgan fingerprint density at radius 2 is 2.00 bits per heavy atom. The quantitative estimate of drug-likeness (QED) is 0.318. The fraction of sp³-hybridized carbons (Fsp3) is 0.636. The second kappa shape index (κ2) is 11.0. The van der Waals surface area contributed by atoms with Crippen molar-refractivity contribution in [3.8, 4) is 5.75 Å². The SMILES string of the molecule is CCNC(=NCCc1ccc(OCC(=O)NC2CC2)cc1)N1CCC(C)(C)C1.I. The number of rotatable bonds is 8. The zero-order chi connectivity index (χ0) is 20.0. The van der Waals surface area contributed by atoms with E-state index < -0.39 is 0 Å². The normalized spacial score (nSPS) is 18.2. The highest BCUT2D eigenvalue weighted by molar-refractivity contribution is 14.0. The Balaban J connectivity index is 0.00000300. The first-order chi connectivity index (χ1) is 13.4. The molecule has 3 rings (SSSR count). The van der Waals surface area contributed by atoms with E-state index >= 15 is 0 Å². The summed E-state index contributed by atoms with van der Waals surface area (Å²) in [5, 5.41) is 6.34. The van der Waals surface area contributed by atoms with Gasteiger partial charge < -0.3 is 20.3 Å². The lowest BCUT2D eigenvalue weighted by molar-refractivity contribution is -0.123. The summed E-state index contributed by atoms with van der Waals surface area (Å²) in [4.78, 5) is 18.9. The van der Waals surface area contributed by atoms with E-state index in [0.717, 1.165) is 57.2 Å². The Labute approximate surface area is 191 Å². The predicted octanol–water partition coefficient (Wildman–Crippen LogP) is 3.20. The third-order valence-corrected chi connectivity index (χ3v) is 5.21. The molecule has 162 valence electrons. The summed E-state index contributed by atoms with van der Waals surface area (Å²) >= 11 is 0. The van der Waals surface area contributed by atoms with Crippen molar-refractivity contribution >= 4 is 35.8 Å². The minimum atomic E-state index is -0.0399. The molecule has 2 aliphatic rings. The van der Waals surface area contributed by atoms with Crippen LogP contribution in [0, 0.1) is 5.41 Å². The molecule has 1 amide bonds. The monoisotopic (exact) mass is 514 g/mol. The number of hydrogen-bond acceptors (Lipinski definition) is 3. The van der Waals surface area contributed by atoms with E-state index in [1.54, 1.807) is 0 Å². The molecule has 1 saturated carbocycles. The number of benzene rings is 1. The summed E-state index contributed by atoms with van der Waals surface area (Å²) in [6.07, 6.45) is 4.27. The van der Waals surface area contributed by atoms with Gasteiger partial charge in [-0.1, -0.05) is 26.0 Å². The van der Waals surface area contributed by atoms with Gasteiger partial charge in [-0.05, 0) is 55.7 Å². The summed E-state index contributed by atoms with van der Waals surface area (Å²) in [5.41, 5.74) is 1.58. The fourth-order valence-corrected chi connectivity index (χ4v) is 3.41. The van der Waals surface area contributed by atoms with Gasteiger partial charge in [0.25, 0.3) is 5.91 Å². The smallest absolute Gasteiger partial charge is 0.258 e. The number of ether oxygens (including phenoxy) is 1. The fourth-order valence-electron chi connectivity index (χ4n) is 3.41. The molecular weight excluding hydrogens is 479 g/mol. The van der Waals surface area contributed by atoms with Gasteiger partial charge in [0.2, 0.25) is 0 Å². The molecule has 0 atom stereocenters. The number of halogens is 1. The van der Waals surface area contributed by atoms with E-state index in [1.807, 2.05) is 12.1 Å². The summed E-state index contributed by atoms with van der Waals surface area (Å²) in [6, 6.07) is 8.33. The largest absolute Gasteiger partial charge is 0.484 e. The molecule has 1 aromatic carbocycles. The number of nitrogens with one attached hydrogen (secondary N) is 2. The summed E-state index contributed by atoms with van der Waals surface area (Å²) in [5.74, 6) is 1.71. The van der Waals surface area contributed by atoms with Gasteiger partial charge in [0.15, 0.2) is 12.6 Å². The third kappa shape index (κ3) is 8.03. The van der Waals surface area contributed by atoms with Crippen molar-refractivity contribution in [3.05, 3.63) is 29.8 Å². The second-order valence-corrected chi connectivity index (χ2v) is 8.60. The minimum Gasteiger partial charge on any atom is -0.484 e. The molecule has 0 bridgehead atoms. The van der Waals surface area contributed by atoms with Crippen molar-refractivity contribution in [2.75, 3.05) is 32.8 Å². The van der Waals surface area contributed by atoms with E-state index in [0.29, 0.717) is 11.5 Å². The molecular formula is C22H35IN4O2. The van der Waals surface area contributed by atoms with Gasteiger partial charge in [-0.15, -0.1) is 24.0 Å². The van der Waals surface area contributed by atoms with Crippen LogP contribution in [0.15, 0.2) is 29.3 Å². The van der Waals surface area contributed by atoms with E-state index in [4.69, 9.17) is 9.73 Å². The Hall–Kier alpha value is -1.51. The van der Waals surface area contributed by atoms with Crippen LogP contribution in [0.3, 0.4) is 0 Å². The standard InChI is InChI=1S/C22H34N4O2.HI/c1-4-23-21(26-14-12-22(2,3)16-26)24-13-11-17-5-9-19(10-6-17)28-15-20(27)25-18-7-8-18;/h5-6,9-10,18H,4,7-8,11-16H2,1-3H3,(H,23,24)(H,25,27);1H. The number of hydrogen-bond donors (Lipinski definition) is 2. The van der Waals surface area contributed by atoms with E-state index in [1.165, 1.54) is 12.0 Å². The zero-order valence-electron chi connectivity index (χ0n) is 17.9. The molecule has 0 radical (unpaired) electrons. The molecule has 1 aliphatic carbocycles. The zero-order valence-corrected chi connectivity index (χ0v) is 20.2. The number of likely N-dealkylation sites (tertiary alicyclic amines) is 1. The first-order valence-electron chi connectivity index (χ1n) is 10.5. The van der Waals surface area contributed by atoms with Gasteiger partial charge in [0.05, 0.1) is 0 Å². The molecule has 1 saturated heterocycles. The van der Waals surface area contributed by atoms with Crippen molar-refractivity contribution in [1.29, 1.82) is 0 Å². The Bertz CT molecular complexity index is 687. The average molecular weight is 514 g/mol. The molecule has 6 nitrogen and oxygen atoms in total. The molecule has 2 N–H and O–H groups in total. The van der Waals surface area contributed by atoms with Crippen molar-refractivity contribution in [2.45, 2.75) is 52.5 Å².